The molecule has 0 radical (unpaired) electrons. The first kappa shape index (κ1) is 12.9. The zero-order valence-electron chi connectivity index (χ0n) is 10.0. The van der Waals surface area contributed by atoms with Gasteiger partial charge in [-0.3, -0.25) is 0 Å². The molecule has 1 aromatic carbocycles. The van der Waals surface area contributed by atoms with E-state index in [2.05, 4.69) is 5.32 Å². The Labute approximate surface area is 106 Å². The maximum atomic E-state index is 11.5. The van der Waals surface area contributed by atoms with Crippen LogP contribution >= 0.6 is 0 Å². The summed E-state index contributed by atoms with van der Waals surface area (Å²) in [5.41, 5.74) is 0.931. The lowest BCUT2D eigenvalue weighted by Crippen LogP contribution is -2.50. The van der Waals surface area contributed by atoms with E-state index in [9.17, 15) is 4.79 Å². The zero-order chi connectivity index (χ0) is 12.8. The van der Waals surface area contributed by atoms with Crippen molar-refractivity contribution in [1.82, 2.24) is 5.32 Å². The van der Waals surface area contributed by atoms with Crippen LogP contribution in [0.15, 0.2) is 30.3 Å². The third-order valence-corrected chi connectivity index (χ3v) is 2.95. The molecule has 0 aliphatic carbocycles. The third kappa shape index (κ3) is 3.45. The molecule has 0 saturated carbocycles. The Hall–Kier alpha value is -1.59. The van der Waals surface area contributed by atoms with Crippen molar-refractivity contribution in [1.29, 1.82) is 0 Å². The fourth-order valence-electron chi connectivity index (χ4n) is 1.71. The predicted octanol–water partition coefficient (Wildman–Crippen LogP) is 0.920. The molecular weight excluding hydrogens is 234 g/mol. The SMILES string of the molecule is O=C(NC(CO)C1COC1)OCc1ccccc1. The van der Waals surface area contributed by atoms with Crippen molar-refractivity contribution < 1.29 is 19.4 Å². The molecule has 5 nitrogen and oxygen atoms in total. The van der Waals surface area contributed by atoms with Crippen molar-refractivity contribution in [2.45, 2.75) is 12.6 Å². The number of ether oxygens (including phenoxy) is 2. The largest absolute Gasteiger partial charge is 0.445 e. The molecule has 1 aliphatic rings. The molecular formula is C13H17NO4. The lowest BCUT2D eigenvalue weighted by atomic mass is 9.99. The van der Waals surface area contributed by atoms with Crippen LogP contribution in [0.5, 0.6) is 0 Å². The van der Waals surface area contributed by atoms with E-state index >= 15 is 0 Å². The molecule has 2 N–H and O–H groups in total. The number of hydrogen-bond acceptors (Lipinski definition) is 4. The molecule has 1 aromatic rings. The summed E-state index contributed by atoms with van der Waals surface area (Å²) < 4.78 is 10.1. The normalized spacial score (nSPS) is 16.7. The molecule has 1 saturated heterocycles. The van der Waals surface area contributed by atoms with Gasteiger partial charge in [-0.2, -0.15) is 0 Å². The Kier molecular flexibility index (Phi) is 4.55. The first-order valence-corrected chi connectivity index (χ1v) is 5.95. The van der Waals surface area contributed by atoms with E-state index in [0.717, 1.165) is 5.56 Å². The van der Waals surface area contributed by atoms with E-state index in [4.69, 9.17) is 14.6 Å². The zero-order valence-corrected chi connectivity index (χ0v) is 10.0. The van der Waals surface area contributed by atoms with Gasteiger partial charge in [0.25, 0.3) is 0 Å². The van der Waals surface area contributed by atoms with Crippen LogP contribution in [-0.4, -0.2) is 37.1 Å². The maximum absolute atomic E-state index is 11.5. The summed E-state index contributed by atoms with van der Waals surface area (Å²) in [6, 6.07) is 9.16. The van der Waals surface area contributed by atoms with E-state index in [1.807, 2.05) is 30.3 Å². The Bertz CT molecular complexity index is 378. The molecule has 2 rings (SSSR count). The smallest absolute Gasteiger partial charge is 0.407 e. The summed E-state index contributed by atoms with van der Waals surface area (Å²) in [6.45, 7) is 1.27. The monoisotopic (exact) mass is 251 g/mol. The highest BCUT2D eigenvalue weighted by atomic mass is 16.5. The van der Waals surface area contributed by atoms with E-state index in [-0.39, 0.29) is 25.2 Å². The number of carbonyl (C=O) groups excluding carboxylic acids is 1. The van der Waals surface area contributed by atoms with Gasteiger partial charge in [-0.05, 0) is 5.56 Å². The topological polar surface area (TPSA) is 67.8 Å². The first-order chi connectivity index (χ1) is 8.79. The van der Waals surface area contributed by atoms with Crippen LogP contribution < -0.4 is 5.32 Å². The molecule has 1 atom stereocenters. The summed E-state index contributed by atoms with van der Waals surface area (Å²) in [5, 5.41) is 11.8. The summed E-state index contributed by atoms with van der Waals surface area (Å²) in [6.07, 6.45) is -0.509. The number of benzene rings is 1. The predicted molar refractivity (Wildman–Crippen MR) is 64.9 cm³/mol. The van der Waals surface area contributed by atoms with Crippen LogP contribution in [0.25, 0.3) is 0 Å². The van der Waals surface area contributed by atoms with E-state index in [1.54, 1.807) is 0 Å². The highest BCUT2D eigenvalue weighted by molar-refractivity contribution is 5.67. The molecule has 0 aromatic heterocycles. The lowest BCUT2D eigenvalue weighted by molar-refractivity contribution is -0.0571. The van der Waals surface area contributed by atoms with Crippen LogP contribution in [0.1, 0.15) is 5.56 Å². The Morgan fingerprint density at radius 1 is 1.44 bits per heavy atom. The number of amides is 1. The number of hydrogen-bond donors (Lipinski definition) is 2. The Balaban J connectivity index is 1.74. The van der Waals surface area contributed by atoms with Gasteiger partial charge in [0.05, 0.1) is 25.9 Å². The van der Waals surface area contributed by atoms with Crippen molar-refractivity contribution >= 4 is 6.09 Å². The van der Waals surface area contributed by atoms with E-state index in [1.165, 1.54) is 0 Å². The van der Waals surface area contributed by atoms with Crippen molar-refractivity contribution in [3.8, 4) is 0 Å². The summed E-state index contributed by atoms with van der Waals surface area (Å²) in [5.74, 6) is 0.180. The number of aliphatic hydroxyl groups is 1. The molecule has 1 aliphatic heterocycles. The standard InChI is InChI=1S/C13H17NO4/c15-6-12(11-8-17-9-11)14-13(16)18-7-10-4-2-1-3-5-10/h1-5,11-12,15H,6-9H2,(H,14,16). The van der Waals surface area contributed by atoms with E-state index < -0.39 is 6.09 Å². The van der Waals surface area contributed by atoms with Gasteiger partial charge in [0, 0.05) is 5.92 Å². The van der Waals surface area contributed by atoms with Crippen molar-refractivity contribution in [2.24, 2.45) is 5.92 Å². The Morgan fingerprint density at radius 3 is 2.72 bits per heavy atom. The average Bonchev–Trinajstić information content (AvgIpc) is 2.34. The summed E-state index contributed by atoms with van der Waals surface area (Å²) in [4.78, 5) is 11.5. The quantitative estimate of drug-likeness (QED) is 0.816. The molecule has 1 fully saturated rings. The molecule has 0 spiro atoms. The number of carbonyl (C=O) groups is 1. The van der Waals surface area contributed by atoms with Gasteiger partial charge in [-0.1, -0.05) is 30.3 Å². The number of aliphatic hydroxyl groups excluding tert-OH is 1. The lowest BCUT2D eigenvalue weighted by Gasteiger charge is -2.32. The highest BCUT2D eigenvalue weighted by Crippen LogP contribution is 2.14. The third-order valence-electron chi connectivity index (χ3n) is 2.95. The molecule has 1 heterocycles. The second-order valence-corrected chi connectivity index (χ2v) is 4.29. The van der Waals surface area contributed by atoms with Gasteiger partial charge in [0.15, 0.2) is 0 Å². The van der Waals surface area contributed by atoms with Gasteiger partial charge in [-0.15, -0.1) is 0 Å². The molecule has 98 valence electrons. The van der Waals surface area contributed by atoms with Crippen LogP contribution in [-0.2, 0) is 16.1 Å². The molecule has 0 bridgehead atoms. The number of rotatable bonds is 5. The number of nitrogens with one attached hydrogen (secondary N) is 1. The van der Waals surface area contributed by atoms with Crippen molar-refractivity contribution in [3.05, 3.63) is 35.9 Å². The Morgan fingerprint density at radius 2 is 2.17 bits per heavy atom. The molecule has 1 unspecified atom stereocenters. The first-order valence-electron chi connectivity index (χ1n) is 5.95. The van der Waals surface area contributed by atoms with Crippen LogP contribution in [0, 0.1) is 5.92 Å². The highest BCUT2D eigenvalue weighted by Gasteiger charge is 2.29. The van der Waals surface area contributed by atoms with Crippen molar-refractivity contribution in [2.75, 3.05) is 19.8 Å². The van der Waals surface area contributed by atoms with Gasteiger partial charge in [0.2, 0.25) is 0 Å². The second kappa shape index (κ2) is 6.37. The fraction of sp³-hybridized carbons (Fsp3) is 0.462. The molecule has 1 amide bonds. The van der Waals surface area contributed by atoms with Gasteiger partial charge >= 0.3 is 6.09 Å². The molecule has 5 heteroatoms. The maximum Gasteiger partial charge on any atom is 0.407 e. The fourth-order valence-corrected chi connectivity index (χ4v) is 1.71. The summed E-state index contributed by atoms with van der Waals surface area (Å²) >= 11 is 0. The summed E-state index contributed by atoms with van der Waals surface area (Å²) in [7, 11) is 0. The van der Waals surface area contributed by atoms with Crippen LogP contribution in [0.3, 0.4) is 0 Å². The van der Waals surface area contributed by atoms with Crippen molar-refractivity contribution in [3.63, 3.8) is 0 Å². The van der Waals surface area contributed by atoms with Gasteiger partial charge in [0.1, 0.15) is 6.61 Å². The minimum Gasteiger partial charge on any atom is -0.445 e. The minimum absolute atomic E-state index is 0.103. The van der Waals surface area contributed by atoms with E-state index in [0.29, 0.717) is 13.2 Å². The van der Waals surface area contributed by atoms with Gasteiger partial charge < -0.3 is 19.9 Å². The minimum atomic E-state index is -0.509. The van der Waals surface area contributed by atoms with Crippen LogP contribution in [0.2, 0.25) is 0 Å². The average molecular weight is 251 g/mol. The van der Waals surface area contributed by atoms with Gasteiger partial charge in [-0.25, -0.2) is 4.79 Å². The number of alkyl carbamates (subject to hydrolysis) is 1. The van der Waals surface area contributed by atoms with Crippen LogP contribution in [0.4, 0.5) is 4.79 Å². The molecule has 18 heavy (non-hydrogen) atoms. The second-order valence-electron chi connectivity index (χ2n) is 4.29.